The second-order valence-electron chi connectivity index (χ2n) is 7.24. The number of likely N-dealkylation sites (tertiary alicyclic amines) is 1. The van der Waals surface area contributed by atoms with Gasteiger partial charge in [0.2, 0.25) is 17.7 Å². The van der Waals surface area contributed by atoms with Gasteiger partial charge in [0.15, 0.2) is 0 Å². The van der Waals surface area contributed by atoms with Crippen molar-refractivity contribution in [1.29, 1.82) is 0 Å². The number of carbonyl (C=O) groups excluding carboxylic acids is 3. The van der Waals surface area contributed by atoms with E-state index in [1.807, 2.05) is 17.1 Å². The number of rotatable bonds is 3. The molecule has 3 amide bonds. The Morgan fingerprint density at radius 3 is 2.15 bits per heavy atom. The molecule has 7 heteroatoms. The molecule has 0 saturated carbocycles. The van der Waals surface area contributed by atoms with Gasteiger partial charge < -0.3 is 9.80 Å². The zero-order chi connectivity index (χ0) is 19.0. The van der Waals surface area contributed by atoms with Gasteiger partial charge in [-0.05, 0) is 25.0 Å². The number of allylic oxidation sites excluding steroid dienone is 2. The van der Waals surface area contributed by atoms with Crippen molar-refractivity contribution in [3.05, 3.63) is 42.2 Å². The molecule has 0 N–H and O–H groups in total. The van der Waals surface area contributed by atoms with E-state index in [0.29, 0.717) is 44.7 Å². The molecule has 1 aromatic rings. The van der Waals surface area contributed by atoms with Crippen LogP contribution in [0.5, 0.6) is 0 Å². The summed E-state index contributed by atoms with van der Waals surface area (Å²) in [5.41, 5.74) is 0.533. The molecule has 2 atom stereocenters. The summed E-state index contributed by atoms with van der Waals surface area (Å²) >= 11 is 0. The lowest BCUT2D eigenvalue weighted by Gasteiger charge is -2.36. The summed E-state index contributed by atoms with van der Waals surface area (Å²) in [5, 5.41) is 0. The number of hydrogen-bond acceptors (Lipinski definition) is 4. The Kier molecular flexibility index (Phi) is 4.68. The van der Waals surface area contributed by atoms with Gasteiger partial charge in [0.1, 0.15) is 12.4 Å². The molecule has 4 rings (SSSR count). The summed E-state index contributed by atoms with van der Waals surface area (Å²) in [6.07, 6.45) is 5.00. The molecule has 0 aromatic heterocycles. The average molecular weight is 371 g/mol. The molecule has 27 heavy (non-hydrogen) atoms. The van der Waals surface area contributed by atoms with Gasteiger partial charge in [-0.25, -0.2) is 4.39 Å². The number of carbonyl (C=O) groups is 3. The van der Waals surface area contributed by atoms with Crippen LogP contribution in [0.15, 0.2) is 36.4 Å². The summed E-state index contributed by atoms with van der Waals surface area (Å²) in [7, 11) is 0. The molecule has 2 saturated heterocycles. The Balaban J connectivity index is 1.36. The van der Waals surface area contributed by atoms with Gasteiger partial charge in [-0.3, -0.25) is 19.3 Å². The zero-order valence-electron chi connectivity index (χ0n) is 15.0. The SMILES string of the molecule is O=C(CN1C(=O)C2CC=CCC2C1=O)N1CCN(c2ccccc2F)CC1. The number of nitrogens with zero attached hydrogens (tertiary/aromatic N) is 3. The van der Waals surface area contributed by atoms with Crippen molar-refractivity contribution in [2.45, 2.75) is 12.8 Å². The number of para-hydroxylation sites is 1. The maximum Gasteiger partial charge on any atom is 0.242 e. The zero-order valence-corrected chi connectivity index (χ0v) is 15.0. The number of benzene rings is 1. The van der Waals surface area contributed by atoms with E-state index < -0.39 is 0 Å². The maximum atomic E-state index is 13.9. The molecule has 142 valence electrons. The van der Waals surface area contributed by atoms with Gasteiger partial charge in [0, 0.05) is 26.2 Å². The fourth-order valence-electron chi connectivity index (χ4n) is 4.17. The van der Waals surface area contributed by atoms with Crippen LogP contribution in [0.25, 0.3) is 0 Å². The van der Waals surface area contributed by atoms with Gasteiger partial charge in [-0.1, -0.05) is 24.3 Å². The third-order valence-corrected chi connectivity index (χ3v) is 5.72. The minimum absolute atomic E-state index is 0.190. The fourth-order valence-corrected chi connectivity index (χ4v) is 4.17. The van der Waals surface area contributed by atoms with Gasteiger partial charge >= 0.3 is 0 Å². The maximum absolute atomic E-state index is 13.9. The first kappa shape index (κ1) is 17.7. The smallest absolute Gasteiger partial charge is 0.242 e. The first-order chi connectivity index (χ1) is 13.1. The van der Waals surface area contributed by atoms with Crippen LogP contribution in [0.3, 0.4) is 0 Å². The number of amides is 3. The van der Waals surface area contributed by atoms with Gasteiger partial charge in [0.25, 0.3) is 0 Å². The number of anilines is 1. The van der Waals surface area contributed by atoms with E-state index in [0.717, 1.165) is 4.90 Å². The van der Waals surface area contributed by atoms with E-state index >= 15 is 0 Å². The molecule has 2 aliphatic heterocycles. The molecular formula is C20H22FN3O3. The molecule has 2 fully saturated rings. The molecule has 0 spiro atoms. The van der Waals surface area contributed by atoms with Crippen molar-refractivity contribution in [3.63, 3.8) is 0 Å². The summed E-state index contributed by atoms with van der Waals surface area (Å²) in [6, 6.07) is 6.58. The van der Waals surface area contributed by atoms with Crippen LogP contribution < -0.4 is 4.90 Å². The minimum Gasteiger partial charge on any atom is -0.366 e. The van der Waals surface area contributed by atoms with Crippen LogP contribution in [-0.4, -0.2) is 60.2 Å². The van der Waals surface area contributed by atoms with Gasteiger partial charge in [-0.15, -0.1) is 0 Å². The molecule has 0 radical (unpaired) electrons. The highest BCUT2D eigenvalue weighted by atomic mass is 19.1. The lowest BCUT2D eigenvalue weighted by atomic mass is 9.85. The predicted octanol–water partition coefficient (Wildman–Crippen LogP) is 1.43. The van der Waals surface area contributed by atoms with E-state index in [2.05, 4.69) is 0 Å². The lowest BCUT2D eigenvalue weighted by Crippen LogP contribution is -2.52. The van der Waals surface area contributed by atoms with Crippen LogP contribution in [-0.2, 0) is 14.4 Å². The third kappa shape index (κ3) is 3.22. The molecule has 3 aliphatic rings. The summed E-state index contributed by atoms with van der Waals surface area (Å²) < 4.78 is 13.9. The minimum atomic E-state index is -0.312. The molecule has 0 bridgehead atoms. The summed E-state index contributed by atoms with van der Waals surface area (Å²) in [4.78, 5) is 42.3. The molecular weight excluding hydrogens is 349 g/mol. The van der Waals surface area contributed by atoms with Crippen LogP contribution in [0.4, 0.5) is 10.1 Å². The average Bonchev–Trinajstić information content (AvgIpc) is 2.94. The van der Waals surface area contributed by atoms with Gasteiger partial charge in [-0.2, -0.15) is 0 Å². The number of halogens is 1. The number of fused-ring (bicyclic) bond motifs is 1. The van der Waals surface area contributed by atoms with Crippen molar-refractivity contribution in [1.82, 2.24) is 9.80 Å². The van der Waals surface area contributed by atoms with E-state index in [1.165, 1.54) is 6.07 Å². The molecule has 6 nitrogen and oxygen atoms in total. The highest BCUT2D eigenvalue weighted by Gasteiger charge is 2.48. The Morgan fingerprint density at radius 1 is 0.963 bits per heavy atom. The van der Waals surface area contributed by atoms with Crippen molar-refractivity contribution >= 4 is 23.4 Å². The largest absolute Gasteiger partial charge is 0.366 e. The van der Waals surface area contributed by atoms with E-state index in [4.69, 9.17) is 0 Å². The Morgan fingerprint density at radius 2 is 1.56 bits per heavy atom. The molecule has 2 unspecified atom stereocenters. The predicted molar refractivity (Wildman–Crippen MR) is 97.3 cm³/mol. The van der Waals surface area contributed by atoms with Crippen LogP contribution in [0, 0.1) is 17.7 Å². The number of piperazine rings is 1. The number of hydrogen-bond donors (Lipinski definition) is 0. The Labute approximate surface area is 157 Å². The van der Waals surface area contributed by atoms with Gasteiger partial charge in [0.05, 0.1) is 17.5 Å². The standard InChI is InChI=1S/C20H22FN3O3/c21-16-7-3-4-8-17(16)22-9-11-23(12-10-22)18(25)13-24-19(26)14-5-1-2-6-15(14)20(24)27/h1-4,7-8,14-15H,5-6,9-13H2. The Hall–Kier alpha value is -2.70. The van der Waals surface area contributed by atoms with E-state index in [1.54, 1.807) is 23.1 Å². The van der Waals surface area contributed by atoms with E-state index in [-0.39, 0.29) is 41.9 Å². The highest BCUT2D eigenvalue weighted by Crippen LogP contribution is 2.35. The first-order valence-electron chi connectivity index (χ1n) is 9.33. The van der Waals surface area contributed by atoms with Crippen LogP contribution >= 0.6 is 0 Å². The number of imide groups is 1. The molecule has 1 aromatic carbocycles. The fraction of sp³-hybridized carbons (Fsp3) is 0.450. The van der Waals surface area contributed by atoms with E-state index in [9.17, 15) is 18.8 Å². The summed E-state index contributed by atoms with van der Waals surface area (Å²) in [5.74, 6) is -1.58. The highest BCUT2D eigenvalue weighted by molar-refractivity contribution is 6.07. The second kappa shape index (κ2) is 7.13. The quantitative estimate of drug-likeness (QED) is 0.596. The van der Waals surface area contributed by atoms with Crippen molar-refractivity contribution in [2.24, 2.45) is 11.8 Å². The third-order valence-electron chi connectivity index (χ3n) is 5.72. The molecule has 1 aliphatic carbocycles. The monoisotopic (exact) mass is 371 g/mol. The summed E-state index contributed by atoms with van der Waals surface area (Å²) in [6.45, 7) is 1.73. The second-order valence-corrected chi connectivity index (χ2v) is 7.24. The topological polar surface area (TPSA) is 60.9 Å². The van der Waals surface area contributed by atoms with Crippen molar-refractivity contribution in [3.8, 4) is 0 Å². The lowest BCUT2D eigenvalue weighted by molar-refractivity contribution is -0.146. The van der Waals surface area contributed by atoms with Crippen molar-refractivity contribution < 1.29 is 18.8 Å². The van der Waals surface area contributed by atoms with Crippen molar-refractivity contribution in [2.75, 3.05) is 37.6 Å². The molecule has 2 heterocycles. The normalized spacial score (nSPS) is 25.1. The first-order valence-corrected chi connectivity index (χ1v) is 9.33. The Bertz CT molecular complexity index is 775. The van der Waals surface area contributed by atoms with Crippen LogP contribution in [0.2, 0.25) is 0 Å². The van der Waals surface area contributed by atoms with Crippen LogP contribution in [0.1, 0.15) is 12.8 Å².